The SMILES string of the molecule is CCOc1ccc(S(=O)(=O)N2CCOCC2)cc1NC(=O)Cc1coc2c(C)c(C)ccc12. The molecule has 9 heteroatoms. The Morgan fingerprint density at radius 3 is 2.64 bits per heavy atom. The van der Waals surface area contributed by atoms with Gasteiger partial charge in [-0.15, -0.1) is 0 Å². The fourth-order valence-electron chi connectivity index (χ4n) is 3.88. The van der Waals surface area contributed by atoms with Crippen LogP contribution in [0.15, 0.2) is 45.9 Å². The largest absolute Gasteiger partial charge is 0.492 e. The first-order valence-electron chi connectivity index (χ1n) is 10.9. The molecule has 0 atom stereocenters. The molecule has 3 aromatic rings. The fourth-order valence-corrected chi connectivity index (χ4v) is 5.31. The summed E-state index contributed by atoms with van der Waals surface area (Å²) in [6.45, 7) is 7.51. The van der Waals surface area contributed by atoms with Crippen molar-refractivity contribution in [2.45, 2.75) is 32.1 Å². The van der Waals surface area contributed by atoms with Gasteiger partial charge in [0, 0.05) is 24.0 Å². The fraction of sp³-hybridized carbons (Fsp3) is 0.375. The van der Waals surface area contributed by atoms with Crippen molar-refractivity contribution in [1.29, 1.82) is 0 Å². The Hall–Kier alpha value is -2.88. The quantitative estimate of drug-likeness (QED) is 0.564. The van der Waals surface area contributed by atoms with Gasteiger partial charge < -0.3 is 19.2 Å². The summed E-state index contributed by atoms with van der Waals surface area (Å²) in [4.78, 5) is 13.0. The van der Waals surface area contributed by atoms with Crippen LogP contribution < -0.4 is 10.1 Å². The molecule has 1 aliphatic rings. The minimum absolute atomic E-state index is 0.0848. The number of anilines is 1. The van der Waals surface area contributed by atoms with Gasteiger partial charge in [0.05, 0.1) is 43.1 Å². The summed E-state index contributed by atoms with van der Waals surface area (Å²) in [5.74, 6) is 0.119. The number of aryl methyl sites for hydroxylation is 2. The van der Waals surface area contributed by atoms with Crippen molar-refractivity contribution >= 4 is 32.6 Å². The number of sulfonamides is 1. The third-order valence-electron chi connectivity index (χ3n) is 5.83. The van der Waals surface area contributed by atoms with Crippen LogP contribution in [0.2, 0.25) is 0 Å². The number of morpholine rings is 1. The summed E-state index contributed by atoms with van der Waals surface area (Å²) in [5, 5.41) is 3.72. The summed E-state index contributed by atoms with van der Waals surface area (Å²) in [5.41, 5.74) is 4.01. The van der Waals surface area contributed by atoms with Crippen LogP contribution in [0, 0.1) is 13.8 Å². The Balaban J connectivity index is 1.59. The number of carbonyl (C=O) groups excluding carboxylic acids is 1. The maximum atomic E-state index is 13.1. The summed E-state index contributed by atoms with van der Waals surface area (Å²) >= 11 is 0. The molecule has 1 aromatic heterocycles. The summed E-state index contributed by atoms with van der Waals surface area (Å²) in [6.07, 6.45) is 1.68. The van der Waals surface area contributed by atoms with Gasteiger partial charge in [0.25, 0.3) is 0 Å². The lowest BCUT2D eigenvalue weighted by atomic mass is 10.0. The number of fused-ring (bicyclic) bond motifs is 1. The molecule has 0 saturated carbocycles. The van der Waals surface area contributed by atoms with Gasteiger partial charge in [0.1, 0.15) is 11.3 Å². The highest BCUT2D eigenvalue weighted by Crippen LogP contribution is 2.31. The molecule has 0 unspecified atom stereocenters. The Bertz CT molecular complexity index is 1280. The van der Waals surface area contributed by atoms with Crippen molar-refractivity contribution in [2.75, 3.05) is 38.2 Å². The number of hydrogen-bond acceptors (Lipinski definition) is 6. The van der Waals surface area contributed by atoms with Gasteiger partial charge in [0.2, 0.25) is 15.9 Å². The zero-order valence-electron chi connectivity index (χ0n) is 19.0. The second kappa shape index (κ2) is 9.54. The van der Waals surface area contributed by atoms with E-state index in [9.17, 15) is 13.2 Å². The lowest BCUT2D eigenvalue weighted by molar-refractivity contribution is -0.115. The van der Waals surface area contributed by atoms with Crippen molar-refractivity contribution in [3.8, 4) is 5.75 Å². The number of nitrogens with one attached hydrogen (secondary N) is 1. The third-order valence-corrected chi connectivity index (χ3v) is 7.72. The average Bonchev–Trinajstić information content (AvgIpc) is 3.21. The monoisotopic (exact) mass is 472 g/mol. The number of amides is 1. The lowest BCUT2D eigenvalue weighted by Crippen LogP contribution is -2.40. The van der Waals surface area contributed by atoms with Crippen molar-refractivity contribution in [3.63, 3.8) is 0 Å². The van der Waals surface area contributed by atoms with Crippen molar-refractivity contribution in [2.24, 2.45) is 0 Å². The van der Waals surface area contributed by atoms with Gasteiger partial charge in [-0.1, -0.05) is 12.1 Å². The van der Waals surface area contributed by atoms with E-state index in [1.54, 1.807) is 12.3 Å². The van der Waals surface area contributed by atoms with E-state index in [0.717, 1.165) is 27.7 Å². The molecular formula is C24H28N2O6S. The normalized spacial score (nSPS) is 15.0. The van der Waals surface area contributed by atoms with Crippen LogP contribution >= 0.6 is 0 Å². The minimum atomic E-state index is -3.71. The summed E-state index contributed by atoms with van der Waals surface area (Å²) in [7, 11) is -3.71. The second-order valence-electron chi connectivity index (χ2n) is 7.98. The first-order valence-corrected chi connectivity index (χ1v) is 12.4. The Labute approximate surface area is 193 Å². The highest BCUT2D eigenvalue weighted by atomic mass is 32.2. The zero-order chi connectivity index (χ0) is 23.6. The second-order valence-corrected chi connectivity index (χ2v) is 9.92. The lowest BCUT2D eigenvalue weighted by Gasteiger charge is -2.26. The predicted octanol–water partition coefficient (Wildman–Crippen LogP) is 3.65. The maximum Gasteiger partial charge on any atom is 0.243 e. The van der Waals surface area contributed by atoms with E-state index in [1.165, 1.54) is 16.4 Å². The number of furan rings is 1. The molecular weight excluding hydrogens is 444 g/mol. The van der Waals surface area contributed by atoms with Gasteiger partial charge >= 0.3 is 0 Å². The molecule has 1 amide bonds. The number of nitrogens with zero attached hydrogens (tertiary/aromatic N) is 1. The molecule has 176 valence electrons. The van der Waals surface area contributed by atoms with Crippen LogP contribution in [0.5, 0.6) is 5.75 Å². The Morgan fingerprint density at radius 2 is 1.91 bits per heavy atom. The summed E-state index contributed by atoms with van der Waals surface area (Å²) in [6, 6.07) is 8.48. The van der Waals surface area contributed by atoms with E-state index < -0.39 is 10.0 Å². The van der Waals surface area contributed by atoms with E-state index in [4.69, 9.17) is 13.9 Å². The van der Waals surface area contributed by atoms with Crippen LogP contribution in [-0.2, 0) is 26.0 Å². The van der Waals surface area contributed by atoms with Crippen molar-refractivity contribution in [3.05, 3.63) is 53.3 Å². The molecule has 2 heterocycles. The third kappa shape index (κ3) is 4.75. The van der Waals surface area contributed by atoms with Gasteiger partial charge in [-0.25, -0.2) is 8.42 Å². The van der Waals surface area contributed by atoms with Crippen LogP contribution in [-0.4, -0.2) is 51.5 Å². The van der Waals surface area contributed by atoms with E-state index in [1.807, 2.05) is 32.9 Å². The molecule has 0 radical (unpaired) electrons. The van der Waals surface area contributed by atoms with E-state index in [0.29, 0.717) is 44.3 Å². The Kier molecular flexibility index (Phi) is 6.73. The van der Waals surface area contributed by atoms with Crippen LogP contribution in [0.4, 0.5) is 5.69 Å². The number of rotatable bonds is 7. The highest BCUT2D eigenvalue weighted by molar-refractivity contribution is 7.89. The molecule has 33 heavy (non-hydrogen) atoms. The summed E-state index contributed by atoms with van der Waals surface area (Å²) < 4.78 is 44.1. The smallest absolute Gasteiger partial charge is 0.243 e. The molecule has 0 spiro atoms. The van der Waals surface area contributed by atoms with Gasteiger partial charge in [-0.05, 0) is 50.1 Å². The molecule has 1 N–H and O–H groups in total. The van der Waals surface area contributed by atoms with Crippen LogP contribution in [0.3, 0.4) is 0 Å². The number of hydrogen-bond donors (Lipinski definition) is 1. The first-order chi connectivity index (χ1) is 15.8. The van der Waals surface area contributed by atoms with E-state index in [2.05, 4.69) is 5.32 Å². The Morgan fingerprint density at radius 1 is 1.15 bits per heavy atom. The minimum Gasteiger partial charge on any atom is -0.492 e. The molecule has 1 fully saturated rings. The van der Waals surface area contributed by atoms with Crippen LogP contribution in [0.25, 0.3) is 11.0 Å². The molecule has 2 aromatic carbocycles. The molecule has 8 nitrogen and oxygen atoms in total. The van der Waals surface area contributed by atoms with Crippen molar-refractivity contribution < 1.29 is 27.1 Å². The van der Waals surface area contributed by atoms with Gasteiger partial charge in [-0.3, -0.25) is 4.79 Å². The molecule has 0 aliphatic carbocycles. The molecule has 0 bridgehead atoms. The molecule has 1 saturated heterocycles. The van der Waals surface area contributed by atoms with E-state index >= 15 is 0 Å². The van der Waals surface area contributed by atoms with E-state index in [-0.39, 0.29) is 17.2 Å². The van der Waals surface area contributed by atoms with Crippen LogP contribution in [0.1, 0.15) is 23.6 Å². The average molecular weight is 473 g/mol. The number of ether oxygens (including phenoxy) is 2. The highest BCUT2D eigenvalue weighted by Gasteiger charge is 2.27. The first kappa shape index (κ1) is 23.3. The molecule has 4 rings (SSSR count). The number of carbonyl (C=O) groups is 1. The maximum absolute atomic E-state index is 13.1. The van der Waals surface area contributed by atoms with Gasteiger partial charge in [0.15, 0.2) is 0 Å². The number of benzene rings is 2. The zero-order valence-corrected chi connectivity index (χ0v) is 19.8. The van der Waals surface area contributed by atoms with Crippen molar-refractivity contribution in [1.82, 2.24) is 4.31 Å². The predicted molar refractivity (Wildman–Crippen MR) is 125 cm³/mol. The molecule has 1 aliphatic heterocycles. The standard InChI is InChI=1S/C24H28N2O6S/c1-4-31-22-8-6-19(33(28,29)26-9-11-30-12-10-26)14-21(22)25-23(27)13-18-15-32-24-17(3)16(2)5-7-20(18)24/h5-8,14-15H,4,9-13H2,1-3H3,(H,25,27). The topological polar surface area (TPSA) is 98.1 Å². The van der Waals surface area contributed by atoms with Gasteiger partial charge in [-0.2, -0.15) is 4.31 Å².